The number of para-hydroxylation sites is 2. The number of hydrogen-bond donors (Lipinski definition) is 0. The summed E-state index contributed by atoms with van der Waals surface area (Å²) in [7, 11) is 0. The first-order valence-electron chi connectivity index (χ1n) is 22.9. The second-order valence-corrected chi connectivity index (χ2v) is 23.1. The van der Waals surface area contributed by atoms with Gasteiger partial charge in [-0.1, -0.05) is 66.4 Å². The Morgan fingerprint density at radius 3 is 2.02 bits per heavy atom. The number of hydrogen-bond acceptors (Lipinski definition) is 2. The molecule has 4 bridgehead atoms. The lowest BCUT2D eigenvalue weighted by Crippen LogP contribution is -2.59. The Hall–Kier alpha value is -4.41. The van der Waals surface area contributed by atoms with Gasteiger partial charge in [-0.15, -0.1) is 0 Å². The maximum absolute atomic E-state index is 2.87. The Morgan fingerprint density at radius 1 is 0.569 bits per heavy atom. The van der Waals surface area contributed by atoms with Crippen LogP contribution in [0.2, 0.25) is 0 Å². The minimum absolute atomic E-state index is 0.112. The molecule has 4 heterocycles. The molecule has 0 N–H and O–H groups in total. The normalized spacial score (nSPS) is 38.1. The minimum atomic E-state index is 0.112. The average molecular weight is 763 g/mol. The van der Waals surface area contributed by atoms with E-state index in [0.717, 1.165) is 40.9 Å². The minimum Gasteiger partial charge on any atom is -0.375 e. The SMILES string of the molecule is c1ccc2c(c1)Sc1cccc3c1N2c1cc2ccccc2c2c1B3n1c3ccc(C45CC6CC7CC(C4)C76C5)cc3c3cc(C45CC6CC7CC(C4)C76C5)cc-2c31. The lowest BCUT2D eigenvalue weighted by Gasteiger charge is -2.66. The molecule has 7 aromatic rings. The van der Waals surface area contributed by atoms with E-state index in [1.165, 1.54) is 140 Å². The van der Waals surface area contributed by atoms with Crippen molar-refractivity contribution in [2.24, 2.45) is 46.3 Å². The second-order valence-electron chi connectivity index (χ2n) is 22.0. The Kier molecular flexibility index (Phi) is 4.55. The molecule has 0 radical (unpaired) electrons. The lowest BCUT2D eigenvalue weighted by molar-refractivity contribution is -0.175. The number of rotatable bonds is 2. The first-order chi connectivity index (χ1) is 28.6. The molecule has 0 amide bonds. The summed E-state index contributed by atoms with van der Waals surface area (Å²) in [5.74, 6) is 6.02. The first-order valence-corrected chi connectivity index (χ1v) is 23.8. The van der Waals surface area contributed by atoms with Gasteiger partial charge in [0.2, 0.25) is 0 Å². The smallest absolute Gasteiger partial charge is 0.333 e. The molecule has 2 spiro atoms. The van der Waals surface area contributed by atoms with Crippen molar-refractivity contribution in [2.45, 2.75) is 84.8 Å². The van der Waals surface area contributed by atoms with Crippen molar-refractivity contribution in [2.75, 3.05) is 4.90 Å². The predicted octanol–water partition coefficient (Wildman–Crippen LogP) is 12.0. The van der Waals surface area contributed by atoms with Crippen LogP contribution in [0.1, 0.15) is 75.3 Å². The van der Waals surface area contributed by atoms with Gasteiger partial charge < -0.3 is 9.38 Å². The molecular formula is C54H43BN2S. The molecule has 4 unspecified atom stereocenters. The van der Waals surface area contributed by atoms with Crippen LogP contribution in [0.15, 0.2) is 113 Å². The molecule has 0 saturated heterocycles. The molecule has 3 aliphatic heterocycles. The number of aromatic nitrogens is 1. The largest absolute Gasteiger partial charge is 0.375 e. The van der Waals surface area contributed by atoms with E-state index in [-0.39, 0.29) is 6.85 Å². The van der Waals surface area contributed by atoms with E-state index in [1.807, 2.05) is 11.8 Å². The van der Waals surface area contributed by atoms with Gasteiger partial charge in [-0.2, -0.15) is 0 Å². The summed E-state index contributed by atoms with van der Waals surface area (Å²) in [5.41, 5.74) is 18.5. The molecule has 1 aromatic heterocycles. The van der Waals surface area contributed by atoms with Crippen molar-refractivity contribution in [3.05, 3.63) is 114 Å². The van der Waals surface area contributed by atoms with Gasteiger partial charge in [-0.3, -0.25) is 0 Å². The van der Waals surface area contributed by atoms with Crippen molar-refractivity contribution >= 4 is 79.2 Å². The zero-order chi connectivity index (χ0) is 36.8. The van der Waals surface area contributed by atoms with Gasteiger partial charge in [0.25, 0.3) is 0 Å². The van der Waals surface area contributed by atoms with Crippen molar-refractivity contribution in [3.8, 4) is 11.1 Å². The summed E-state index contributed by atoms with van der Waals surface area (Å²) >= 11 is 1.96. The summed E-state index contributed by atoms with van der Waals surface area (Å²) in [6.45, 7) is 0.112. The fourth-order valence-corrected chi connectivity index (χ4v) is 20.0. The molecule has 18 rings (SSSR count). The van der Waals surface area contributed by atoms with E-state index in [9.17, 15) is 0 Å². The molecule has 6 aromatic carbocycles. The topological polar surface area (TPSA) is 8.17 Å². The number of fused-ring (bicyclic) bond motifs is 13. The van der Waals surface area contributed by atoms with Gasteiger partial charge in [0, 0.05) is 42.8 Å². The molecule has 8 fully saturated rings. The number of anilines is 3. The fourth-order valence-electron chi connectivity index (χ4n) is 18.9. The molecular weight excluding hydrogens is 719 g/mol. The summed E-state index contributed by atoms with van der Waals surface area (Å²) in [6.07, 6.45) is 14.8. The number of nitrogens with zero attached hydrogens (tertiary/aromatic N) is 2. The van der Waals surface area contributed by atoms with E-state index in [4.69, 9.17) is 0 Å². The Morgan fingerprint density at radius 2 is 1.26 bits per heavy atom. The van der Waals surface area contributed by atoms with Crippen molar-refractivity contribution in [3.63, 3.8) is 0 Å². The third kappa shape index (κ3) is 2.82. The third-order valence-corrected chi connectivity index (χ3v) is 21.9. The highest BCUT2D eigenvalue weighted by Crippen LogP contribution is 2.86. The number of benzene rings is 6. The third-order valence-electron chi connectivity index (χ3n) is 20.8. The van der Waals surface area contributed by atoms with Crippen LogP contribution >= 0.6 is 11.8 Å². The standard InChI is InChI=1S/C54H43BN2S/c1-2-7-37-28(6-1)14-44-48-47(37)40-21-30(52-24-35-17-32-18-36(25-52)54(32,35)27-52)20-39-38-19-29(51-22-33-15-31-16-34(23-51)53(31,33)26-51)12-13-42(38)57(49(39)40)55(48)41-8-5-11-46-50(41)56(44)43-9-3-4-10-45(43)58-46/h1-14,19-21,31-36H,15-18,22-27H2. The van der Waals surface area contributed by atoms with Crippen LogP contribution in [-0.2, 0) is 10.8 Å². The van der Waals surface area contributed by atoms with Gasteiger partial charge in [-0.05, 0) is 208 Å². The van der Waals surface area contributed by atoms with Crippen LogP contribution in [0.25, 0.3) is 43.7 Å². The molecule has 8 aliphatic carbocycles. The Bertz CT molecular complexity index is 3190. The molecule has 8 saturated carbocycles. The average Bonchev–Trinajstić information content (AvgIpc) is 4.00. The molecule has 278 valence electrons. The van der Waals surface area contributed by atoms with Gasteiger partial charge in [0.1, 0.15) is 0 Å². The van der Waals surface area contributed by atoms with Gasteiger partial charge in [0.05, 0.1) is 11.4 Å². The van der Waals surface area contributed by atoms with Gasteiger partial charge in [-0.25, -0.2) is 0 Å². The van der Waals surface area contributed by atoms with E-state index < -0.39 is 0 Å². The van der Waals surface area contributed by atoms with Crippen molar-refractivity contribution < 1.29 is 0 Å². The van der Waals surface area contributed by atoms with Crippen LogP contribution in [-0.4, -0.2) is 11.3 Å². The zero-order valence-electron chi connectivity index (χ0n) is 32.7. The van der Waals surface area contributed by atoms with E-state index in [1.54, 1.807) is 16.5 Å². The first kappa shape index (κ1) is 29.7. The van der Waals surface area contributed by atoms with Crippen LogP contribution in [0, 0.1) is 46.3 Å². The summed E-state index contributed by atoms with van der Waals surface area (Å²) < 4.78 is 2.87. The summed E-state index contributed by atoms with van der Waals surface area (Å²) in [5, 5.41) is 5.87. The summed E-state index contributed by atoms with van der Waals surface area (Å²) in [6, 6.07) is 42.0. The van der Waals surface area contributed by atoms with Crippen molar-refractivity contribution in [1.82, 2.24) is 4.48 Å². The predicted molar refractivity (Wildman–Crippen MR) is 237 cm³/mol. The molecule has 11 aliphatic rings. The molecule has 4 atom stereocenters. The highest BCUT2D eigenvalue weighted by atomic mass is 32.2. The Balaban J connectivity index is 0.980. The Labute approximate surface area is 343 Å². The second kappa shape index (κ2) is 8.88. The maximum atomic E-state index is 2.87. The fraction of sp³-hybridized carbons (Fsp3) is 0.370. The van der Waals surface area contributed by atoms with Gasteiger partial charge >= 0.3 is 6.85 Å². The van der Waals surface area contributed by atoms with Crippen LogP contribution in [0.5, 0.6) is 0 Å². The quantitative estimate of drug-likeness (QED) is 0.162. The van der Waals surface area contributed by atoms with Crippen molar-refractivity contribution in [1.29, 1.82) is 0 Å². The van der Waals surface area contributed by atoms with Crippen LogP contribution < -0.4 is 15.8 Å². The van der Waals surface area contributed by atoms with E-state index in [0.29, 0.717) is 16.2 Å². The zero-order valence-corrected chi connectivity index (χ0v) is 33.5. The van der Waals surface area contributed by atoms with Gasteiger partial charge in [0.15, 0.2) is 0 Å². The maximum Gasteiger partial charge on any atom is 0.333 e. The van der Waals surface area contributed by atoms with E-state index in [2.05, 4.69) is 113 Å². The summed E-state index contributed by atoms with van der Waals surface area (Å²) in [4.78, 5) is 5.39. The van der Waals surface area contributed by atoms with Crippen LogP contribution in [0.3, 0.4) is 0 Å². The molecule has 58 heavy (non-hydrogen) atoms. The monoisotopic (exact) mass is 762 g/mol. The van der Waals surface area contributed by atoms with E-state index >= 15 is 0 Å². The van der Waals surface area contributed by atoms with Crippen LogP contribution in [0.4, 0.5) is 17.1 Å². The highest BCUT2D eigenvalue weighted by Gasteiger charge is 2.78. The molecule has 2 nitrogen and oxygen atoms in total. The lowest BCUT2D eigenvalue weighted by atomic mass is 9.38. The molecule has 4 heteroatoms. The highest BCUT2D eigenvalue weighted by molar-refractivity contribution is 7.99.